The van der Waals surface area contributed by atoms with E-state index >= 15 is 0 Å². The maximum Gasteiger partial charge on any atom is 0.180 e. The number of hydrogen-bond donors (Lipinski definition) is 2. The Morgan fingerprint density at radius 3 is 2.83 bits per heavy atom. The smallest absolute Gasteiger partial charge is 0.180 e. The number of aromatic nitrogens is 5. The van der Waals surface area contributed by atoms with E-state index in [0.717, 1.165) is 53.1 Å². The van der Waals surface area contributed by atoms with Gasteiger partial charge in [-0.25, -0.2) is 9.97 Å². The van der Waals surface area contributed by atoms with Crippen molar-refractivity contribution in [1.29, 1.82) is 0 Å². The molecule has 8 nitrogen and oxygen atoms in total. The van der Waals surface area contributed by atoms with Gasteiger partial charge in [-0.2, -0.15) is 5.10 Å². The first-order valence-electron chi connectivity index (χ1n) is 9.51. The summed E-state index contributed by atoms with van der Waals surface area (Å²) in [6.45, 7) is 5.01. The first kappa shape index (κ1) is 19.6. The molecule has 4 aromatic rings. The third kappa shape index (κ3) is 4.47. The van der Waals surface area contributed by atoms with E-state index in [9.17, 15) is 0 Å². The monoisotopic (exact) mass is 410 g/mol. The van der Waals surface area contributed by atoms with Crippen molar-refractivity contribution in [2.24, 2.45) is 0 Å². The van der Waals surface area contributed by atoms with Gasteiger partial charge in [0.25, 0.3) is 0 Å². The van der Waals surface area contributed by atoms with E-state index in [2.05, 4.69) is 72.3 Å². The number of fused-ring (bicyclic) bond motifs is 1. The van der Waals surface area contributed by atoms with Crippen LogP contribution < -0.4 is 5.32 Å². The van der Waals surface area contributed by atoms with Crippen molar-refractivity contribution in [3.63, 3.8) is 0 Å². The van der Waals surface area contributed by atoms with Crippen LogP contribution in [0.4, 0.5) is 10.8 Å². The molecular formula is C20H26N8S. The molecule has 0 radical (unpaired) electrons. The Bertz CT molecular complexity index is 1080. The quantitative estimate of drug-likeness (QED) is 0.464. The number of nitrogens with one attached hydrogen (secondary N) is 2. The van der Waals surface area contributed by atoms with Crippen LogP contribution in [0.1, 0.15) is 11.3 Å². The van der Waals surface area contributed by atoms with Gasteiger partial charge in [-0.05, 0) is 45.1 Å². The van der Waals surface area contributed by atoms with Crippen LogP contribution in [0.5, 0.6) is 0 Å². The number of nitrogens with zero attached hydrogens (tertiary/aromatic N) is 6. The van der Waals surface area contributed by atoms with Crippen LogP contribution in [-0.2, 0) is 6.54 Å². The summed E-state index contributed by atoms with van der Waals surface area (Å²) in [5, 5.41) is 13.6. The van der Waals surface area contributed by atoms with Gasteiger partial charge in [0.2, 0.25) is 0 Å². The molecule has 4 heterocycles. The molecule has 0 atom stereocenters. The highest BCUT2D eigenvalue weighted by atomic mass is 32.1. The maximum atomic E-state index is 4.68. The zero-order valence-corrected chi connectivity index (χ0v) is 18.0. The summed E-state index contributed by atoms with van der Waals surface area (Å²) in [5.41, 5.74) is 4.99. The Labute approximate surface area is 174 Å². The van der Waals surface area contributed by atoms with Gasteiger partial charge in [0, 0.05) is 37.6 Å². The predicted molar refractivity (Wildman–Crippen MR) is 118 cm³/mol. The van der Waals surface area contributed by atoms with Crippen molar-refractivity contribution in [2.45, 2.75) is 13.5 Å². The van der Waals surface area contributed by atoms with Gasteiger partial charge in [-0.15, -0.1) is 11.3 Å². The number of anilines is 2. The molecular weight excluding hydrogens is 384 g/mol. The zero-order valence-electron chi connectivity index (χ0n) is 17.2. The number of likely N-dealkylation sites (N-methyl/N-ethyl adjacent to an activating group) is 2. The summed E-state index contributed by atoms with van der Waals surface area (Å²) in [4.78, 5) is 13.8. The molecule has 0 spiro atoms. The van der Waals surface area contributed by atoms with Crippen LogP contribution in [0.3, 0.4) is 0 Å². The van der Waals surface area contributed by atoms with Gasteiger partial charge >= 0.3 is 0 Å². The summed E-state index contributed by atoms with van der Waals surface area (Å²) < 4.78 is 2.05. The van der Waals surface area contributed by atoms with Crippen molar-refractivity contribution in [1.82, 2.24) is 34.4 Å². The van der Waals surface area contributed by atoms with E-state index in [1.165, 1.54) is 5.56 Å². The number of aromatic amines is 1. The molecule has 0 fully saturated rings. The molecule has 0 saturated heterocycles. The molecule has 0 aliphatic heterocycles. The summed E-state index contributed by atoms with van der Waals surface area (Å²) in [7, 11) is 6.36. The molecule has 0 unspecified atom stereocenters. The third-order valence-corrected chi connectivity index (χ3v) is 5.58. The maximum absolute atomic E-state index is 4.68. The van der Waals surface area contributed by atoms with Crippen molar-refractivity contribution in [3.05, 3.63) is 47.5 Å². The van der Waals surface area contributed by atoms with Crippen LogP contribution in [-0.4, -0.2) is 68.6 Å². The standard InChI is InChI=1S/C20H26N8S/c1-14-11-28-17(16-8-22-23-9-16)10-21-20(28)19(24-14)25-18-7-15(13-29-18)12-27(4)6-5-26(2)3/h7-11,13H,5-6,12H2,1-4H3,(H,22,23)(H,24,25). The number of thiophene rings is 1. The van der Waals surface area contributed by atoms with E-state index in [1.54, 1.807) is 17.5 Å². The minimum Gasteiger partial charge on any atom is -0.329 e. The molecule has 0 aliphatic rings. The molecule has 0 aliphatic carbocycles. The summed E-state index contributed by atoms with van der Waals surface area (Å²) in [5.74, 6) is 0.758. The van der Waals surface area contributed by atoms with E-state index in [4.69, 9.17) is 0 Å². The van der Waals surface area contributed by atoms with Gasteiger partial charge in [-0.1, -0.05) is 0 Å². The average molecular weight is 411 g/mol. The molecule has 0 bridgehead atoms. The summed E-state index contributed by atoms with van der Waals surface area (Å²) in [6, 6.07) is 2.19. The molecule has 2 N–H and O–H groups in total. The van der Waals surface area contributed by atoms with E-state index in [1.807, 2.05) is 25.5 Å². The van der Waals surface area contributed by atoms with Gasteiger partial charge in [-0.3, -0.25) is 9.50 Å². The molecule has 4 rings (SSSR count). The first-order valence-corrected chi connectivity index (χ1v) is 10.4. The topological polar surface area (TPSA) is 77.4 Å². The first-order chi connectivity index (χ1) is 14.0. The highest BCUT2D eigenvalue weighted by Gasteiger charge is 2.13. The SMILES string of the molecule is Cc1cn2c(-c3cn[nH]c3)cnc2c(Nc2cc(CN(C)CCN(C)C)cs2)n1. The molecule has 4 aromatic heterocycles. The molecule has 152 valence electrons. The third-order valence-electron chi connectivity index (χ3n) is 4.68. The van der Waals surface area contributed by atoms with Crippen molar-refractivity contribution in [3.8, 4) is 11.3 Å². The second-order valence-electron chi connectivity index (χ2n) is 7.54. The van der Waals surface area contributed by atoms with Crippen LogP contribution in [0.25, 0.3) is 16.9 Å². The molecule has 0 saturated carbocycles. The van der Waals surface area contributed by atoms with Crippen LogP contribution in [0, 0.1) is 6.92 Å². The van der Waals surface area contributed by atoms with Crippen molar-refractivity contribution < 1.29 is 0 Å². The van der Waals surface area contributed by atoms with Crippen molar-refractivity contribution in [2.75, 3.05) is 39.5 Å². The predicted octanol–water partition coefficient (Wildman–Crippen LogP) is 3.23. The van der Waals surface area contributed by atoms with Gasteiger partial charge < -0.3 is 15.1 Å². The van der Waals surface area contributed by atoms with Crippen LogP contribution in [0.2, 0.25) is 0 Å². The fraction of sp³-hybridized carbons (Fsp3) is 0.350. The highest BCUT2D eigenvalue weighted by molar-refractivity contribution is 7.14. The lowest BCUT2D eigenvalue weighted by Crippen LogP contribution is -2.28. The minimum absolute atomic E-state index is 0.758. The van der Waals surface area contributed by atoms with Gasteiger partial charge in [0.1, 0.15) is 0 Å². The fourth-order valence-corrected chi connectivity index (χ4v) is 4.00. The summed E-state index contributed by atoms with van der Waals surface area (Å²) in [6.07, 6.45) is 7.51. The minimum atomic E-state index is 0.758. The lowest BCUT2D eigenvalue weighted by molar-refractivity contribution is 0.276. The Balaban J connectivity index is 1.54. The van der Waals surface area contributed by atoms with E-state index in [0.29, 0.717) is 0 Å². The highest BCUT2D eigenvalue weighted by Crippen LogP contribution is 2.28. The van der Waals surface area contributed by atoms with E-state index in [-0.39, 0.29) is 0 Å². The van der Waals surface area contributed by atoms with Gasteiger partial charge in [0.15, 0.2) is 11.5 Å². The normalized spacial score (nSPS) is 11.8. The number of aryl methyl sites for hydroxylation is 1. The largest absolute Gasteiger partial charge is 0.329 e. The van der Waals surface area contributed by atoms with E-state index < -0.39 is 0 Å². The van der Waals surface area contributed by atoms with Crippen LogP contribution >= 0.6 is 11.3 Å². The Morgan fingerprint density at radius 2 is 2.07 bits per heavy atom. The number of imidazole rings is 1. The molecule has 9 heteroatoms. The lowest BCUT2D eigenvalue weighted by Gasteiger charge is -2.18. The van der Waals surface area contributed by atoms with Crippen LogP contribution in [0.15, 0.2) is 36.2 Å². The second-order valence-corrected chi connectivity index (χ2v) is 8.45. The molecule has 0 aromatic carbocycles. The Morgan fingerprint density at radius 1 is 1.21 bits per heavy atom. The average Bonchev–Trinajstić information content (AvgIpc) is 3.40. The Hall–Kier alpha value is -2.75. The molecule has 0 amide bonds. The lowest BCUT2D eigenvalue weighted by atomic mass is 10.3. The summed E-state index contributed by atoms with van der Waals surface area (Å²) >= 11 is 1.69. The molecule has 29 heavy (non-hydrogen) atoms. The van der Waals surface area contributed by atoms with Gasteiger partial charge in [0.05, 0.1) is 28.8 Å². The fourth-order valence-electron chi connectivity index (χ4n) is 3.20. The zero-order chi connectivity index (χ0) is 20.4. The number of H-pyrrole nitrogens is 1. The van der Waals surface area contributed by atoms with Crippen molar-refractivity contribution >= 4 is 27.8 Å². The number of rotatable bonds is 8. The Kier molecular flexibility index (Phi) is 5.61. The number of hydrogen-bond acceptors (Lipinski definition) is 7. The second kappa shape index (κ2) is 8.32.